The zero-order valence-corrected chi connectivity index (χ0v) is 6.52. The van der Waals surface area contributed by atoms with Crippen LogP contribution in [-0.2, 0) is 4.79 Å². The van der Waals surface area contributed by atoms with E-state index in [9.17, 15) is 4.79 Å². The van der Waals surface area contributed by atoms with Crippen molar-refractivity contribution in [3.05, 3.63) is 12.7 Å². The molecule has 1 rings (SSSR count). The minimum atomic E-state index is 0.204. The Kier molecular flexibility index (Phi) is 5.83. The van der Waals surface area contributed by atoms with E-state index in [0.717, 1.165) is 25.8 Å². The highest BCUT2D eigenvalue weighted by molar-refractivity contribution is 5.77. The second-order valence-electron chi connectivity index (χ2n) is 2.15. The normalized spacial score (nSPS) is 15.1. The average Bonchev–Trinajstić information content (AvgIpc) is 2.40. The molecule has 2 nitrogen and oxygen atoms in total. The van der Waals surface area contributed by atoms with E-state index in [1.54, 1.807) is 0 Å². The zero-order chi connectivity index (χ0) is 7.82. The molecule has 1 saturated heterocycles. The Labute approximate surface area is 62.3 Å². The first kappa shape index (κ1) is 9.21. The zero-order valence-electron chi connectivity index (χ0n) is 6.52. The van der Waals surface area contributed by atoms with Gasteiger partial charge in [-0.3, -0.25) is 4.79 Å². The molecule has 1 N–H and O–H groups in total. The molecule has 1 amide bonds. The van der Waals surface area contributed by atoms with E-state index >= 15 is 0 Å². The molecule has 1 heterocycles. The van der Waals surface area contributed by atoms with Gasteiger partial charge in [0, 0.05) is 13.0 Å². The number of amides is 1. The smallest absolute Gasteiger partial charge is 0.220 e. The average molecular weight is 141 g/mol. The van der Waals surface area contributed by atoms with E-state index in [4.69, 9.17) is 0 Å². The molecule has 1 aliphatic rings. The lowest BCUT2D eigenvalue weighted by Gasteiger charge is -1.80. The molecule has 0 atom stereocenters. The van der Waals surface area contributed by atoms with Crippen molar-refractivity contribution in [3.63, 3.8) is 0 Å². The number of carbonyl (C=O) groups excluding carboxylic acids is 1. The summed E-state index contributed by atoms with van der Waals surface area (Å²) in [4.78, 5) is 10.1. The molecule has 0 aromatic rings. The van der Waals surface area contributed by atoms with Gasteiger partial charge in [-0.25, -0.2) is 0 Å². The minimum absolute atomic E-state index is 0.204. The van der Waals surface area contributed by atoms with Crippen molar-refractivity contribution in [1.82, 2.24) is 5.32 Å². The van der Waals surface area contributed by atoms with Gasteiger partial charge < -0.3 is 5.32 Å². The molecule has 0 saturated carbocycles. The number of nitrogens with one attached hydrogen (secondary N) is 1. The first-order valence-electron chi connectivity index (χ1n) is 3.68. The SMILES string of the molecule is C=CCC.O=C1CCCN1. The number of allylic oxidation sites excluding steroid dienone is 1. The van der Waals surface area contributed by atoms with Crippen LogP contribution in [0.2, 0.25) is 0 Å². The number of hydrogen-bond acceptors (Lipinski definition) is 1. The molecule has 0 aliphatic carbocycles. The van der Waals surface area contributed by atoms with Crippen molar-refractivity contribution < 1.29 is 4.79 Å². The van der Waals surface area contributed by atoms with Gasteiger partial charge in [0.2, 0.25) is 5.91 Å². The highest BCUT2D eigenvalue weighted by Gasteiger charge is 2.05. The van der Waals surface area contributed by atoms with Gasteiger partial charge in [-0.1, -0.05) is 13.0 Å². The first-order valence-corrected chi connectivity index (χ1v) is 3.68. The van der Waals surface area contributed by atoms with E-state index in [1.807, 2.05) is 6.08 Å². The van der Waals surface area contributed by atoms with Crippen LogP contribution in [0.5, 0.6) is 0 Å². The Morgan fingerprint density at radius 3 is 2.50 bits per heavy atom. The maximum absolute atomic E-state index is 10.1. The molecule has 0 unspecified atom stereocenters. The Hall–Kier alpha value is -0.790. The topological polar surface area (TPSA) is 29.1 Å². The van der Waals surface area contributed by atoms with Gasteiger partial charge in [-0.15, -0.1) is 6.58 Å². The van der Waals surface area contributed by atoms with Crippen LogP contribution in [0.3, 0.4) is 0 Å². The second kappa shape index (κ2) is 6.33. The lowest BCUT2D eigenvalue weighted by Crippen LogP contribution is -2.12. The summed E-state index contributed by atoms with van der Waals surface area (Å²) in [6, 6.07) is 0. The summed E-state index contributed by atoms with van der Waals surface area (Å²) < 4.78 is 0. The van der Waals surface area contributed by atoms with Crippen LogP contribution in [0.15, 0.2) is 12.7 Å². The summed E-state index contributed by atoms with van der Waals surface area (Å²) in [5, 5.41) is 2.68. The minimum Gasteiger partial charge on any atom is -0.356 e. The molecule has 0 aromatic carbocycles. The summed E-state index contributed by atoms with van der Waals surface area (Å²) in [6.07, 6.45) is 4.72. The van der Waals surface area contributed by atoms with Crippen molar-refractivity contribution in [2.75, 3.05) is 6.54 Å². The summed E-state index contributed by atoms with van der Waals surface area (Å²) in [5.41, 5.74) is 0. The Morgan fingerprint density at radius 1 is 1.80 bits per heavy atom. The summed E-state index contributed by atoms with van der Waals surface area (Å²) in [6.45, 7) is 6.43. The molecule has 1 fully saturated rings. The predicted octanol–water partition coefficient (Wildman–Crippen LogP) is 1.48. The van der Waals surface area contributed by atoms with Crippen LogP contribution in [0, 0.1) is 0 Å². The molecule has 10 heavy (non-hydrogen) atoms. The second-order valence-corrected chi connectivity index (χ2v) is 2.15. The van der Waals surface area contributed by atoms with Crippen molar-refractivity contribution in [2.45, 2.75) is 26.2 Å². The van der Waals surface area contributed by atoms with Gasteiger partial charge in [0.05, 0.1) is 0 Å². The van der Waals surface area contributed by atoms with Crippen LogP contribution >= 0.6 is 0 Å². The molecule has 2 heteroatoms. The van der Waals surface area contributed by atoms with Crippen LogP contribution in [0.25, 0.3) is 0 Å². The van der Waals surface area contributed by atoms with Crippen molar-refractivity contribution in [2.24, 2.45) is 0 Å². The van der Waals surface area contributed by atoms with Crippen molar-refractivity contribution in [3.8, 4) is 0 Å². The largest absolute Gasteiger partial charge is 0.356 e. The molecule has 0 aromatic heterocycles. The van der Waals surface area contributed by atoms with Gasteiger partial charge in [0.25, 0.3) is 0 Å². The summed E-state index contributed by atoms with van der Waals surface area (Å²) in [5.74, 6) is 0.204. The molecule has 0 radical (unpaired) electrons. The van der Waals surface area contributed by atoms with Gasteiger partial charge in [-0.05, 0) is 12.8 Å². The molecule has 0 spiro atoms. The van der Waals surface area contributed by atoms with E-state index in [1.165, 1.54) is 0 Å². The fourth-order valence-electron chi connectivity index (χ4n) is 0.565. The lowest BCUT2D eigenvalue weighted by atomic mass is 10.4. The van der Waals surface area contributed by atoms with E-state index in [-0.39, 0.29) is 5.91 Å². The molecule has 1 aliphatic heterocycles. The van der Waals surface area contributed by atoms with Gasteiger partial charge in [-0.2, -0.15) is 0 Å². The summed E-state index contributed by atoms with van der Waals surface area (Å²) in [7, 11) is 0. The lowest BCUT2D eigenvalue weighted by molar-refractivity contribution is -0.119. The highest BCUT2D eigenvalue weighted by atomic mass is 16.1. The first-order chi connectivity index (χ1) is 4.81. The molecule has 0 bridgehead atoms. The predicted molar refractivity (Wildman–Crippen MR) is 42.7 cm³/mol. The number of hydrogen-bond donors (Lipinski definition) is 1. The van der Waals surface area contributed by atoms with Crippen LogP contribution in [-0.4, -0.2) is 12.5 Å². The van der Waals surface area contributed by atoms with E-state index < -0.39 is 0 Å². The Morgan fingerprint density at radius 2 is 2.40 bits per heavy atom. The van der Waals surface area contributed by atoms with Gasteiger partial charge in [0.1, 0.15) is 0 Å². The maximum Gasteiger partial charge on any atom is 0.220 e. The Balaban J connectivity index is 0.000000180. The third-order valence-electron chi connectivity index (χ3n) is 1.19. The van der Waals surface area contributed by atoms with Gasteiger partial charge >= 0.3 is 0 Å². The number of carbonyl (C=O) groups is 1. The van der Waals surface area contributed by atoms with Gasteiger partial charge in [0.15, 0.2) is 0 Å². The Bertz CT molecular complexity index is 102. The summed E-state index contributed by atoms with van der Waals surface area (Å²) >= 11 is 0. The number of rotatable bonds is 1. The van der Waals surface area contributed by atoms with E-state index in [2.05, 4.69) is 18.8 Å². The monoisotopic (exact) mass is 141 g/mol. The van der Waals surface area contributed by atoms with Crippen molar-refractivity contribution in [1.29, 1.82) is 0 Å². The van der Waals surface area contributed by atoms with E-state index in [0.29, 0.717) is 0 Å². The fourth-order valence-corrected chi connectivity index (χ4v) is 0.565. The molecule has 58 valence electrons. The standard InChI is InChI=1S/C4H7NO.C4H8/c6-4-2-1-3-5-4;1-3-4-2/h1-3H2,(H,5,6);3H,1,4H2,2H3. The van der Waals surface area contributed by atoms with Crippen molar-refractivity contribution >= 4 is 5.91 Å². The highest BCUT2D eigenvalue weighted by Crippen LogP contribution is 1.93. The molecular weight excluding hydrogens is 126 g/mol. The fraction of sp³-hybridized carbons (Fsp3) is 0.625. The molecular formula is C8H15NO. The van der Waals surface area contributed by atoms with Crippen LogP contribution in [0.4, 0.5) is 0 Å². The quantitative estimate of drug-likeness (QED) is 0.550. The van der Waals surface area contributed by atoms with Crippen LogP contribution < -0.4 is 5.32 Å². The maximum atomic E-state index is 10.1. The third-order valence-corrected chi connectivity index (χ3v) is 1.19. The van der Waals surface area contributed by atoms with Crippen LogP contribution in [0.1, 0.15) is 26.2 Å². The third kappa shape index (κ3) is 5.35.